The lowest BCUT2D eigenvalue weighted by molar-refractivity contribution is -0.140. The van der Waals surface area contributed by atoms with E-state index in [9.17, 15) is 9.90 Å². The Hall–Kier alpha value is -2.28. The molecule has 0 bridgehead atoms. The number of guanidine groups is 1. The van der Waals surface area contributed by atoms with E-state index in [-0.39, 0.29) is 11.8 Å². The third-order valence-corrected chi connectivity index (χ3v) is 5.37. The van der Waals surface area contributed by atoms with Gasteiger partial charge in [0.05, 0.1) is 13.2 Å². The average Bonchev–Trinajstić information content (AvgIpc) is 2.73. The van der Waals surface area contributed by atoms with E-state index in [2.05, 4.69) is 17.1 Å². The van der Waals surface area contributed by atoms with Crippen LogP contribution in [0.2, 0.25) is 0 Å². The summed E-state index contributed by atoms with van der Waals surface area (Å²) in [5.41, 5.74) is 1.08. The first kappa shape index (κ1) is 20.5. The molecule has 0 atom stereocenters. The fourth-order valence-corrected chi connectivity index (χ4v) is 3.81. The van der Waals surface area contributed by atoms with Crippen molar-refractivity contribution in [2.45, 2.75) is 26.2 Å². The zero-order chi connectivity index (χ0) is 19.8. The first-order valence-electron chi connectivity index (χ1n) is 10.3. The predicted octanol–water partition coefficient (Wildman–Crippen LogP) is 1.47. The smallest absolute Gasteiger partial charge is 0.225 e. The molecule has 0 unspecified atom stereocenters. The van der Waals surface area contributed by atoms with Crippen LogP contribution in [0.5, 0.6) is 5.75 Å². The lowest BCUT2D eigenvalue weighted by atomic mass is 9.95. The van der Waals surface area contributed by atoms with Gasteiger partial charge in [-0.1, -0.05) is 12.1 Å². The number of amides is 1. The van der Waals surface area contributed by atoms with Gasteiger partial charge >= 0.3 is 0 Å². The number of nitrogens with zero attached hydrogens (tertiary/aromatic N) is 3. The molecular formula is C21H32N4O3. The molecule has 1 aromatic rings. The Morgan fingerprint density at radius 3 is 2.64 bits per heavy atom. The summed E-state index contributed by atoms with van der Waals surface area (Å²) in [5.74, 6) is 1.61. The van der Waals surface area contributed by atoms with E-state index in [0.29, 0.717) is 25.5 Å². The highest BCUT2D eigenvalue weighted by molar-refractivity contribution is 5.82. The number of piperidine rings is 1. The van der Waals surface area contributed by atoms with E-state index in [0.717, 1.165) is 63.5 Å². The summed E-state index contributed by atoms with van der Waals surface area (Å²) < 4.78 is 5.35. The van der Waals surface area contributed by atoms with Gasteiger partial charge in [0.2, 0.25) is 5.91 Å². The molecule has 0 spiro atoms. The highest BCUT2D eigenvalue weighted by Gasteiger charge is 2.30. The number of hydrogen-bond acceptors (Lipinski definition) is 4. The van der Waals surface area contributed by atoms with Gasteiger partial charge in [-0.05, 0) is 43.9 Å². The number of aromatic hydroxyl groups is 1. The Labute approximate surface area is 167 Å². The molecule has 28 heavy (non-hydrogen) atoms. The summed E-state index contributed by atoms with van der Waals surface area (Å²) in [4.78, 5) is 21.7. The summed E-state index contributed by atoms with van der Waals surface area (Å²) in [6, 6.07) is 7.32. The topological polar surface area (TPSA) is 77.4 Å². The van der Waals surface area contributed by atoms with Crippen LogP contribution < -0.4 is 5.32 Å². The number of rotatable bonds is 5. The number of likely N-dealkylation sites (tertiary alicyclic amines) is 1. The first-order chi connectivity index (χ1) is 13.7. The molecule has 2 N–H and O–H groups in total. The molecule has 0 saturated carbocycles. The van der Waals surface area contributed by atoms with E-state index >= 15 is 0 Å². The number of phenolic OH excluding ortho intramolecular Hbond substituents is 1. The Morgan fingerprint density at radius 1 is 1.21 bits per heavy atom. The van der Waals surface area contributed by atoms with Crippen molar-refractivity contribution in [3.05, 3.63) is 29.8 Å². The maximum Gasteiger partial charge on any atom is 0.225 e. The van der Waals surface area contributed by atoms with Crippen molar-refractivity contribution >= 4 is 11.9 Å². The van der Waals surface area contributed by atoms with Crippen LogP contribution in [0.3, 0.4) is 0 Å². The normalized spacial score (nSPS) is 19.0. The van der Waals surface area contributed by atoms with Gasteiger partial charge in [0.25, 0.3) is 0 Å². The van der Waals surface area contributed by atoms with E-state index in [1.165, 1.54) is 0 Å². The number of hydrogen-bond donors (Lipinski definition) is 2. The van der Waals surface area contributed by atoms with Crippen LogP contribution in [0, 0.1) is 5.92 Å². The second-order valence-electron chi connectivity index (χ2n) is 7.35. The molecule has 2 saturated heterocycles. The summed E-state index contributed by atoms with van der Waals surface area (Å²) in [6.45, 7) is 7.99. The number of carbonyl (C=O) groups is 1. The van der Waals surface area contributed by atoms with Crippen LogP contribution in [0.4, 0.5) is 0 Å². The van der Waals surface area contributed by atoms with Crippen molar-refractivity contribution in [2.75, 3.05) is 52.5 Å². The number of carbonyl (C=O) groups excluding carboxylic acids is 1. The highest BCUT2D eigenvalue weighted by Crippen LogP contribution is 2.20. The molecule has 1 amide bonds. The Balaban J connectivity index is 1.51. The number of ether oxygens (including phenoxy) is 1. The Kier molecular flexibility index (Phi) is 7.54. The maximum atomic E-state index is 12.7. The van der Waals surface area contributed by atoms with Gasteiger partial charge in [0.1, 0.15) is 5.75 Å². The van der Waals surface area contributed by atoms with Crippen molar-refractivity contribution in [3.8, 4) is 5.75 Å². The van der Waals surface area contributed by atoms with Crippen LogP contribution >= 0.6 is 0 Å². The molecule has 154 valence electrons. The van der Waals surface area contributed by atoms with Gasteiger partial charge in [-0.25, -0.2) is 0 Å². The number of phenols is 1. The number of benzene rings is 1. The van der Waals surface area contributed by atoms with Gasteiger partial charge in [-0.15, -0.1) is 0 Å². The van der Waals surface area contributed by atoms with Gasteiger partial charge in [-0.3, -0.25) is 9.79 Å². The summed E-state index contributed by atoms with van der Waals surface area (Å²) in [5, 5.41) is 13.0. The lowest BCUT2D eigenvalue weighted by Crippen LogP contribution is -2.50. The second-order valence-corrected chi connectivity index (χ2v) is 7.35. The maximum absolute atomic E-state index is 12.7. The standard InChI is InChI=1S/C21H32N4O3/c1-2-22-21(23-9-6-17-4-3-5-19(26)16-17)25-10-7-18(8-11-25)20(27)24-12-14-28-15-13-24/h3-5,16,18,26H,2,6-15H2,1H3,(H,22,23). The molecule has 2 heterocycles. The molecule has 2 fully saturated rings. The fourth-order valence-electron chi connectivity index (χ4n) is 3.81. The molecule has 0 radical (unpaired) electrons. The van der Waals surface area contributed by atoms with Gasteiger partial charge < -0.3 is 25.0 Å². The molecule has 7 heteroatoms. The van der Waals surface area contributed by atoms with Crippen molar-refractivity contribution in [1.82, 2.24) is 15.1 Å². The quantitative estimate of drug-likeness (QED) is 0.590. The SMILES string of the molecule is CCNC(=NCCc1cccc(O)c1)N1CCC(C(=O)N2CCOCC2)CC1. The van der Waals surface area contributed by atoms with Crippen LogP contribution in [-0.2, 0) is 16.0 Å². The highest BCUT2D eigenvalue weighted by atomic mass is 16.5. The fraction of sp³-hybridized carbons (Fsp3) is 0.619. The first-order valence-corrected chi connectivity index (χ1v) is 10.3. The van der Waals surface area contributed by atoms with Gasteiger partial charge in [-0.2, -0.15) is 0 Å². The largest absolute Gasteiger partial charge is 0.508 e. The van der Waals surface area contributed by atoms with Gasteiger partial charge in [0.15, 0.2) is 5.96 Å². The van der Waals surface area contributed by atoms with Crippen LogP contribution in [-0.4, -0.2) is 79.3 Å². The monoisotopic (exact) mass is 388 g/mol. The number of nitrogens with one attached hydrogen (secondary N) is 1. The third-order valence-electron chi connectivity index (χ3n) is 5.37. The van der Waals surface area contributed by atoms with Crippen LogP contribution in [0.1, 0.15) is 25.3 Å². The molecule has 2 aliphatic heterocycles. The Bertz CT molecular complexity index is 665. The number of morpholine rings is 1. The number of aliphatic imine (C=N–C) groups is 1. The average molecular weight is 389 g/mol. The summed E-state index contributed by atoms with van der Waals surface area (Å²) >= 11 is 0. The molecule has 7 nitrogen and oxygen atoms in total. The molecular weight excluding hydrogens is 356 g/mol. The van der Waals surface area contributed by atoms with Crippen molar-refractivity contribution in [2.24, 2.45) is 10.9 Å². The Morgan fingerprint density at radius 2 is 1.96 bits per heavy atom. The van der Waals surface area contributed by atoms with E-state index in [1.807, 2.05) is 17.0 Å². The minimum absolute atomic E-state index is 0.115. The van der Waals surface area contributed by atoms with E-state index in [4.69, 9.17) is 9.73 Å². The summed E-state index contributed by atoms with van der Waals surface area (Å²) in [6.07, 6.45) is 2.52. The van der Waals surface area contributed by atoms with E-state index < -0.39 is 0 Å². The van der Waals surface area contributed by atoms with E-state index in [1.54, 1.807) is 12.1 Å². The predicted molar refractivity (Wildman–Crippen MR) is 109 cm³/mol. The van der Waals surface area contributed by atoms with Crippen LogP contribution in [0.15, 0.2) is 29.3 Å². The van der Waals surface area contributed by atoms with Crippen molar-refractivity contribution < 1.29 is 14.6 Å². The van der Waals surface area contributed by atoms with Crippen molar-refractivity contribution in [1.29, 1.82) is 0 Å². The zero-order valence-electron chi connectivity index (χ0n) is 16.8. The molecule has 0 aromatic heterocycles. The third kappa shape index (κ3) is 5.61. The minimum Gasteiger partial charge on any atom is -0.508 e. The zero-order valence-corrected chi connectivity index (χ0v) is 16.8. The second kappa shape index (κ2) is 10.3. The molecule has 1 aromatic carbocycles. The minimum atomic E-state index is 0.115. The van der Waals surface area contributed by atoms with Gasteiger partial charge in [0, 0.05) is 45.2 Å². The van der Waals surface area contributed by atoms with Crippen molar-refractivity contribution in [3.63, 3.8) is 0 Å². The molecule has 0 aliphatic carbocycles. The summed E-state index contributed by atoms with van der Waals surface area (Å²) in [7, 11) is 0. The van der Waals surface area contributed by atoms with Crippen LogP contribution in [0.25, 0.3) is 0 Å². The molecule has 2 aliphatic rings. The lowest BCUT2D eigenvalue weighted by Gasteiger charge is -2.36. The molecule has 3 rings (SSSR count).